The Hall–Kier alpha value is -1.39. The molecule has 1 atom stereocenters. The monoisotopic (exact) mass is 261 g/mol. The molecule has 1 heterocycles. The topological polar surface area (TPSA) is 58.4 Å². The average molecular weight is 261 g/mol. The van der Waals surface area contributed by atoms with E-state index in [2.05, 4.69) is 10.2 Å². The first kappa shape index (κ1) is 14.0. The van der Waals surface area contributed by atoms with Crippen LogP contribution in [0.1, 0.15) is 30.9 Å². The molecule has 0 unspecified atom stereocenters. The fourth-order valence-corrected chi connectivity index (χ4v) is 2.44. The molecule has 19 heavy (non-hydrogen) atoms. The molecule has 0 aromatic heterocycles. The van der Waals surface area contributed by atoms with E-state index in [1.54, 1.807) is 0 Å². The molecule has 1 amide bonds. The van der Waals surface area contributed by atoms with Crippen LogP contribution < -0.4 is 11.1 Å². The third kappa shape index (κ3) is 4.33. The maximum Gasteiger partial charge on any atom is 0.241 e. The van der Waals surface area contributed by atoms with Crippen LogP contribution >= 0.6 is 0 Å². The summed E-state index contributed by atoms with van der Waals surface area (Å²) in [7, 11) is 0. The predicted octanol–water partition coefficient (Wildman–Crippen LogP) is 1.29. The summed E-state index contributed by atoms with van der Waals surface area (Å²) in [4.78, 5) is 14.3. The molecule has 4 heteroatoms. The Morgan fingerprint density at radius 2 is 1.95 bits per heavy atom. The van der Waals surface area contributed by atoms with Gasteiger partial charge >= 0.3 is 0 Å². The van der Waals surface area contributed by atoms with Crippen LogP contribution in [0.15, 0.2) is 30.3 Å². The molecule has 1 aromatic rings. The van der Waals surface area contributed by atoms with Crippen LogP contribution in [0, 0.1) is 0 Å². The zero-order valence-electron chi connectivity index (χ0n) is 11.3. The first-order valence-electron chi connectivity index (χ1n) is 7.08. The smallest absolute Gasteiger partial charge is 0.241 e. The van der Waals surface area contributed by atoms with Crippen LogP contribution in [-0.4, -0.2) is 37.0 Å². The van der Waals surface area contributed by atoms with Crippen molar-refractivity contribution < 1.29 is 4.79 Å². The van der Waals surface area contributed by atoms with Gasteiger partial charge in [-0.1, -0.05) is 30.3 Å². The van der Waals surface area contributed by atoms with Crippen molar-refractivity contribution in [2.24, 2.45) is 5.73 Å². The lowest BCUT2D eigenvalue weighted by Gasteiger charge is -2.16. The van der Waals surface area contributed by atoms with Gasteiger partial charge in [0.15, 0.2) is 0 Å². The van der Waals surface area contributed by atoms with Gasteiger partial charge in [-0.15, -0.1) is 0 Å². The zero-order chi connectivity index (χ0) is 13.5. The zero-order valence-corrected chi connectivity index (χ0v) is 11.3. The van der Waals surface area contributed by atoms with Gasteiger partial charge in [0.2, 0.25) is 5.91 Å². The first-order valence-corrected chi connectivity index (χ1v) is 7.08. The standard InChI is InChI=1S/C15H23N3O/c16-14(13-7-2-1-3-8-13)15(19)17-9-6-12-18-10-4-5-11-18/h1-3,7-8,14H,4-6,9-12,16H2,(H,17,19)/t14-/m1/s1. The second-order valence-corrected chi connectivity index (χ2v) is 5.08. The fourth-order valence-electron chi connectivity index (χ4n) is 2.44. The Bertz CT molecular complexity index is 388. The van der Waals surface area contributed by atoms with Gasteiger partial charge in [0.1, 0.15) is 6.04 Å². The molecular weight excluding hydrogens is 238 g/mol. The van der Waals surface area contributed by atoms with E-state index < -0.39 is 6.04 Å². The fraction of sp³-hybridized carbons (Fsp3) is 0.533. The van der Waals surface area contributed by atoms with Crippen molar-refractivity contribution >= 4 is 5.91 Å². The minimum atomic E-state index is -0.562. The molecular formula is C15H23N3O. The van der Waals surface area contributed by atoms with Crippen LogP contribution in [0.2, 0.25) is 0 Å². The van der Waals surface area contributed by atoms with Gasteiger partial charge < -0.3 is 16.0 Å². The van der Waals surface area contributed by atoms with E-state index in [-0.39, 0.29) is 5.91 Å². The highest BCUT2D eigenvalue weighted by Crippen LogP contribution is 2.09. The van der Waals surface area contributed by atoms with E-state index in [4.69, 9.17) is 5.73 Å². The Labute approximate surface area is 115 Å². The van der Waals surface area contributed by atoms with Crippen molar-refractivity contribution in [1.82, 2.24) is 10.2 Å². The molecule has 0 radical (unpaired) electrons. The number of carbonyl (C=O) groups excluding carboxylic acids is 1. The van der Waals surface area contributed by atoms with Crippen LogP contribution in [0.4, 0.5) is 0 Å². The van der Waals surface area contributed by atoms with E-state index in [9.17, 15) is 4.79 Å². The molecule has 1 saturated heterocycles. The average Bonchev–Trinajstić information content (AvgIpc) is 2.96. The molecule has 1 aliphatic rings. The van der Waals surface area contributed by atoms with Crippen LogP contribution in [0.25, 0.3) is 0 Å². The Morgan fingerprint density at radius 3 is 2.63 bits per heavy atom. The largest absolute Gasteiger partial charge is 0.354 e. The molecule has 104 valence electrons. The highest BCUT2D eigenvalue weighted by molar-refractivity contribution is 5.82. The van der Waals surface area contributed by atoms with Crippen molar-refractivity contribution in [1.29, 1.82) is 0 Å². The van der Waals surface area contributed by atoms with Crippen LogP contribution in [0.3, 0.4) is 0 Å². The summed E-state index contributed by atoms with van der Waals surface area (Å²) >= 11 is 0. The van der Waals surface area contributed by atoms with Crippen molar-refractivity contribution in [3.63, 3.8) is 0 Å². The predicted molar refractivity (Wildman–Crippen MR) is 76.7 cm³/mol. The van der Waals surface area contributed by atoms with E-state index >= 15 is 0 Å². The normalized spacial score (nSPS) is 17.3. The maximum atomic E-state index is 11.9. The summed E-state index contributed by atoms with van der Waals surface area (Å²) in [6.45, 7) is 4.19. The molecule has 4 nitrogen and oxygen atoms in total. The minimum Gasteiger partial charge on any atom is -0.354 e. The quantitative estimate of drug-likeness (QED) is 0.759. The number of rotatable bonds is 6. The van der Waals surface area contributed by atoms with E-state index in [0.717, 1.165) is 18.5 Å². The van der Waals surface area contributed by atoms with Gasteiger partial charge in [0.05, 0.1) is 0 Å². The molecule has 0 saturated carbocycles. The van der Waals surface area contributed by atoms with Crippen molar-refractivity contribution in [2.45, 2.75) is 25.3 Å². The number of nitrogens with one attached hydrogen (secondary N) is 1. The summed E-state index contributed by atoms with van der Waals surface area (Å²) in [6, 6.07) is 8.92. The lowest BCUT2D eigenvalue weighted by atomic mass is 10.1. The minimum absolute atomic E-state index is 0.0902. The summed E-state index contributed by atoms with van der Waals surface area (Å²) < 4.78 is 0. The number of hydrogen-bond donors (Lipinski definition) is 2. The number of likely N-dealkylation sites (tertiary alicyclic amines) is 1. The van der Waals surface area contributed by atoms with Gasteiger partial charge in [-0.3, -0.25) is 4.79 Å². The maximum absolute atomic E-state index is 11.9. The molecule has 3 N–H and O–H groups in total. The van der Waals surface area contributed by atoms with Gasteiger partial charge in [-0.2, -0.15) is 0 Å². The second kappa shape index (κ2) is 7.26. The Balaban J connectivity index is 1.66. The molecule has 1 aromatic carbocycles. The summed E-state index contributed by atoms with van der Waals surface area (Å²) in [6.07, 6.45) is 3.61. The summed E-state index contributed by atoms with van der Waals surface area (Å²) in [5, 5.41) is 2.91. The number of hydrogen-bond acceptors (Lipinski definition) is 3. The third-order valence-corrected chi connectivity index (χ3v) is 3.59. The molecule has 0 aliphatic carbocycles. The number of benzene rings is 1. The molecule has 0 bridgehead atoms. The van der Waals surface area contributed by atoms with Crippen molar-refractivity contribution in [3.8, 4) is 0 Å². The summed E-state index contributed by atoms with van der Waals surface area (Å²) in [5.74, 6) is -0.0902. The van der Waals surface area contributed by atoms with Gasteiger partial charge in [-0.25, -0.2) is 0 Å². The highest BCUT2D eigenvalue weighted by atomic mass is 16.2. The second-order valence-electron chi connectivity index (χ2n) is 5.08. The number of amides is 1. The van der Waals surface area contributed by atoms with Crippen LogP contribution in [0.5, 0.6) is 0 Å². The Kier molecular flexibility index (Phi) is 5.36. The number of nitrogens with two attached hydrogens (primary N) is 1. The van der Waals surface area contributed by atoms with Gasteiger partial charge in [-0.05, 0) is 44.5 Å². The molecule has 1 fully saturated rings. The first-order chi connectivity index (χ1) is 9.27. The lowest BCUT2D eigenvalue weighted by Crippen LogP contribution is -2.35. The van der Waals surface area contributed by atoms with E-state index in [1.807, 2.05) is 30.3 Å². The summed E-state index contributed by atoms with van der Waals surface area (Å²) in [5.41, 5.74) is 6.78. The highest BCUT2D eigenvalue weighted by Gasteiger charge is 2.15. The third-order valence-electron chi connectivity index (χ3n) is 3.59. The molecule has 0 spiro atoms. The van der Waals surface area contributed by atoms with Gasteiger partial charge in [0, 0.05) is 6.54 Å². The van der Waals surface area contributed by atoms with E-state index in [1.165, 1.54) is 25.9 Å². The van der Waals surface area contributed by atoms with Crippen molar-refractivity contribution in [3.05, 3.63) is 35.9 Å². The lowest BCUT2D eigenvalue weighted by molar-refractivity contribution is -0.122. The van der Waals surface area contributed by atoms with E-state index in [0.29, 0.717) is 6.54 Å². The SMILES string of the molecule is N[C@@H](C(=O)NCCCN1CCCC1)c1ccccc1. The Morgan fingerprint density at radius 1 is 1.26 bits per heavy atom. The molecule has 2 rings (SSSR count). The van der Waals surface area contributed by atoms with Crippen LogP contribution in [-0.2, 0) is 4.79 Å². The molecule has 1 aliphatic heterocycles. The van der Waals surface area contributed by atoms with Gasteiger partial charge in [0.25, 0.3) is 0 Å². The van der Waals surface area contributed by atoms with Crippen molar-refractivity contribution in [2.75, 3.05) is 26.2 Å². The number of carbonyl (C=O) groups is 1. The number of nitrogens with zero attached hydrogens (tertiary/aromatic N) is 1.